The first-order chi connectivity index (χ1) is 25.2. The van der Waals surface area contributed by atoms with Gasteiger partial charge in [0.2, 0.25) is 0 Å². The van der Waals surface area contributed by atoms with Gasteiger partial charge in [-0.2, -0.15) is 0 Å². The average Bonchev–Trinajstić information content (AvgIpc) is 3.40. The van der Waals surface area contributed by atoms with Crippen LogP contribution >= 0.6 is 0 Å². The fraction of sp³-hybridized carbons (Fsp3) is 0.571. The number of carbonyl (C=O) groups excluding carboxylic acids is 2. The Labute approximate surface area is 325 Å². The van der Waals surface area contributed by atoms with Crippen molar-refractivity contribution in [2.24, 2.45) is 5.92 Å². The van der Waals surface area contributed by atoms with Crippen LogP contribution < -0.4 is 9.47 Å². The van der Waals surface area contributed by atoms with Crippen LogP contribution in [-0.4, -0.2) is 86.7 Å². The highest BCUT2D eigenvalue weighted by molar-refractivity contribution is 6.76. The van der Waals surface area contributed by atoms with E-state index in [1.54, 1.807) is 43.5 Å². The minimum Gasteiger partial charge on any atom is -0.497 e. The Balaban J connectivity index is 1.94. The van der Waals surface area contributed by atoms with Crippen LogP contribution in [0.1, 0.15) is 74.2 Å². The van der Waals surface area contributed by atoms with Gasteiger partial charge in [-0.05, 0) is 80.2 Å². The van der Waals surface area contributed by atoms with E-state index in [0.717, 1.165) is 6.04 Å². The third-order valence-corrected chi connectivity index (χ3v) is 15.8. The Hall–Kier alpha value is -3.27. The summed E-state index contributed by atoms with van der Waals surface area (Å²) in [4.78, 5) is 27.0. The monoisotopic (exact) mass is 784 g/mol. The quantitative estimate of drug-likeness (QED) is 0.0592. The molecule has 12 heteroatoms. The lowest BCUT2D eigenvalue weighted by Crippen LogP contribution is -2.41. The number of rotatable bonds is 19. The molecule has 1 heterocycles. The number of hydrogen-bond acceptors (Lipinski definition) is 10. The fourth-order valence-electron chi connectivity index (χ4n) is 5.38. The van der Waals surface area contributed by atoms with Crippen molar-refractivity contribution < 1.29 is 47.2 Å². The van der Waals surface area contributed by atoms with Crippen LogP contribution in [0.25, 0.3) is 6.08 Å². The molecule has 1 saturated heterocycles. The van der Waals surface area contributed by atoms with Gasteiger partial charge in [0.15, 0.2) is 20.9 Å². The topological polar surface area (TPSA) is 108 Å². The third-order valence-electron chi connectivity index (χ3n) is 9.57. The highest BCUT2D eigenvalue weighted by Crippen LogP contribution is 2.38. The summed E-state index contributed by atoms with van der Waals surface area (Å²) in [5.41, 5.74) is 1.26. The lowest BCUT2D eigenvalue weighted by molar-refractivity contribution is -0.152. The van der Waals surface area contributed by atoms with Crippen LogP contribution in [0.2, 0.25) is 43.8 Å². The summed E-state index contributed by atoms with van der Waals surface area (Å²) < 4.78 is 47.8. The van der Waals surface area contributed by atoms with Gasteiger partial charge in [-0.25, -0.2) is 9.59 Å². The van der Waals surface area contributed by atoms with Crippen LogP contribution in [0.3, 0.4) is 0 Å². The normalized spacial score (nSPS) is 18.8. The van der Waals surface area contributed by atoms with Crippen molar-refractivity contribution in [3.63, 3.8) is 0 Å². The van der Waals surface area contributed by atoms with E-state index in [1.165, 1.54) is 7.11 Å². The van der Waals surface area contributed by atoms with Crippen LogP contribution in [0.4, 0.5) is 0 Å². The Kier molecular flexibility index (Phi) is 16.3. The number of ether oxygens (including phenoxy) is 7. The molecular weight excluding hydrogens is 721 g/mol. The SMILES string of the molecule is COCOc1cc(OC)cc(/C=C/CC2OC(C)(C)OC2C(/C=C\[C@@H](C)CO[Si](C)(C)C(C)(C)C)OC(=O)c2ccccc2)c1C(=O)OCC[Si](C)(C)C. The van der Waals surface area contributed by atoms with E-state index in [9.17, 15) is 9.59 Å². The first-order valence-corrected chi connectivity index (χ1v) is 25.4. The molecule has 2 aromatic rings. The van der Waals surface area contributed by atoms with E-state index in [1.807, 2.05) is 44.2 Å². The van der Waals surface area contributed by atoms with E-state index >= 15 is 0 Å². The Bertz CT molecular complexity index is 1570. The Morgan fingerprint density at radius 3 is 2.26 bits per heavy atom. The number of carbonyl (C=O) groups is 2. The lowest BCUT2D eigenvalue weighted by Gasteiger charge is -2.36. The summed E-state index contributed by atoms with van der Waals surface area (Å²) >= 11 is 0. The van der Waals surface area contributed by atoms with Crippen LogP contribution in [0.15, 0.2) is 60.7 Å². The summed E-state index contributed by atoms with van der Waals surface area (Å²) in [6, 6.07) is 13.1. The van der Waals surface area contributed by atoms with Crippen LogP contribution in [-0.2, 0) is 28.1 Å². The maximum atomic E-state index is 13.6. The van der Waals surface area contributed by atoms with Crippen LogP contribution in [0, 0.1) is 5.92 Å². The Morgan fingerprint density at radius 1 is 0.963 bits per heavy atom. The van der Waals surface area contributed by atoms with Crippen molar-refractivity contribution in [2.45, 2.75) is 116 Å². The number of methoxy groups -OCH3 is 2. The average molecular weight is 785 g/mol. The molecule has 0 radical (unpaired) electrons. The lowest BCUT2D eigenvalue weighted by atomic mass is 10.0. The summed E-state index contributed by atoms with van der Waals surface area (Å²) in [5, 5.41) is 0.0870. The molecule has 0 aromatic heterocycles. The zero-order chi connectivity index (χ0) is 40.3. The van der Waals surface area contributed by atoms with Crippen molar-refractivity contribution in [3.05, 3.63) is 77.4 Å². The van der Waals surface area contributed by atoms with E-state index in [4.69, 9.17) is 37.6 Å². The first kappa shape index (κ1) is 45.1. The van der Waals surface area contributed by atoms with Crippen molar-refractivity contribution >= 4 is 34.4 Å². The second-order valence-corrected chi connectivity index (χ2v) is 27.5. The molecule has 0 N–H and O–H groups in total. The maximum Gasteiger partial charge on any atom is 0.342 e. The van der Waals surface area contributed by atoms with Gasteiger partial charge in [0.1, 0.15) is 29.3 Å². The van der Waals surface area contributed by atoms with Gasteiger partial charge in [-0.3, -0.25) is 0 Å². The molecule has 3 unspecified atom stereocenters. The Morgan fingerprint density at radius 2 is 1.65 bits per heavy atom. The molecule has 1 aliphatic heterocycles. The molecule has 2 aromatic carbocycles. The second kappa shape index (κ2) is 19.5. The predicted octanol–water partition coefficient (Wildman–Crippen LogP) is 9.54. The molecule has 0 aliphatic carbocycles. The van der Waals surface area contributed by atoms with Gasteiger partial charge in [0.05, 0.1) is 25.4 Å². The number of hydrogen-bond donors (Lipinski definition) is 0. The summed E-state index contributed by atoms with van der Waals surface area (Å²) in [6.07, 6.45) is 6.11. The molecule has 0 spiro atoms. The molecule has 3 rings (SSSR count). The predicted molar refractivity (Wildman–Crippen MR) is 219 cm³/mol. The van der Waals surface area contributed by atoms with Gasteiger partial charge in [0.25, 0.3) is 0 Å². The van der Waals surface area contributed by atoms with E-state index in [-0.39, 0.29) is 29.1 Å². The van der Waals surface area contributed by atoms with Gasteiger partial charge in [-0.1, -0.05) is 83.8 Å². The zero-order valence-corrected chi connectivity index (χ0v) is 36.8. The van der Waals surface area contributed by atoms with Gasteiger partial charge >= 0.3 is 11.9 Å². The summed E-state index contributed by atoms with van der Waals surface area (Å²) in [7, 11) is -0.335. The van der Waals surface area contributed by atoms with Crippen LogP contribution in [0.5, 0.6) is 11.5 Å². The molecular formula is C42H64O10Si2. The van der Waals surface area contributed by atoms with E-state index < -0.39 is 52.4 Å². The standard InChI is InChI=1S/C42H64O10Si2/c1-30(28-49-54(12,13)41(2,3)4)22-23-34(50-39(43)31-18-15-14-16-19-31)38-35(51-42(5,6)52-38)21-17-20-32-26-33(46-8)27-36(48-29-45-7)37(32)40(44)47-24-25-53(9,10)11/h14-20,22-23,26-27,30,34-35,38H,21,24-25,28-29H2,1-13H3/b20-17+,23-22-/t30-,34?,35?,38?/m1/s1. The molecule has 300 valence electrons. The molecule has 0 amide bonds. The highest BCUT2D eigenvalue weighted by atomic mass is 28.4. The molecule has 1 fully saturated rings. The third kappa shape index (κ3) is 13.8. The summed E-state index contributed by atoms with van der Waals surface area (Å²) in [6.45, 7) is 24.4. The molecule has 4 atom stereocenters. The van der Waals surface area contributed by atoms with E-state index in [0.29, 0.717) is 36.5 Å². The molecule has 0 bridgehead atoms. The minimum atomic E-state index is -1.96. The van der Waals surface area contributed by atoms with Crippen molar-refractivity contribution in [3.8, 4) is 11.5 Å². The van der Waals surface area contributed by atoms with E-state index in [2.05, 4.69) is 60.4 Å². The molecule has 0 saturated carbocycles. The minimum absolute atomic E-state index is 0.0530. The molecule has 1 aliphatic rings. The molecule has 54 heavy (non-hydrogen) atoms. The zero-order valence-electron chi connectivity index (χ0n) is 34.8. The smallest absolute Gasteiger partial charge is 0.342 e. The van der Waals surface area contributed by atoms with Crippen molar-refractivity contribution in [1.29, 1.82) is 0 Å². The largest absolute Gasteiger partial charge is 0.497 e. The second-order valence-electron chi connectivity index (χ2n) is 17.0. The van der Waals surface area contributed by atoms with Crippen molar-refractivity contribution in [1.82, 2.24) is 0 Å². The maximum absolute atomic E-state index is 13.6. The van der Waals surface area contributed by atoms with Gasteiger partial charge in [-0.15, -0.1) is 0 Å². The molecule has 10 nitrogen and oxygen atoms in total. The van der Waals surface area contributed by atoms with Gasteiger partial charge in [0, 0.05) is 27.9 Å². The van der Waals surface area contributed by atoms with Gasteiger partial charge < -0.3 is 37.6 Å². The highest BCUT2D eigenvalue weighted by Gasteiger charge is 2.45. The van der Waals surface area contributed by atoms with Crippen molar-refractivity contribution in [2.75, 3.05) is 34.2 Å². The summed E-state index contributed by atoms with van der Waals surface area (Å²) in [5.74, 6) is -1.06. The number of benzene rings is 2. The fourth-order valence-corrected chi connectivity index (χ4v) is 7.21. The number of esters is 2. The first-order valence-electron chi connectivity index (χ1n) is 18.8.